The Kier molecular flexibility index (Phi) is 8.11. The predicted molar refractivity (Wildman–Crippen MR) is 122 cm³/mol. The van der Waals surface area contributed by atoms with E-state index in [9.17, 15) is 18.4 Å². The van der Waals surface area contributed by atoms with Crippen molar-refractivity contribution in [3.05, 3.63) is 93.2 Å². The van der Waals surface area contributed by atoms with Gasteiger partial charge in [0.2, 0.25) is 5.91 Å². The SMILES string of the molecule is CCCN(CC(=O)N(Cc1ccc(F)cc1)Cc1sccc1C)C(=O)c1ccc(F)cc1. The van der Waals surface area contributed by atoms with E-state index in [4.69, 9.17) is 0 Å². The van der Waals surface area contributed by atoms with Crippen LogP contribution in [-0.2, 0) is 17.9 Å². The second-order valence-corrected chi connectivity index (χ2v) is 8.64. The smallest absolute Gasteiger partial charge is 0.254 e. The molecule has 168 valence electrons. The Balaban J connectivity index is 1.80. The zero-order valence-electron chi connectivity index (χ0n) is 18.2. The van der Waals surface area contributed by atoms with Gasteiger partial charge in [-0.15, -0.1) is 11.3 Å². The zero-order valence-corrected chi connectivity index (χ0v) is 19.0. The number of benzene rings is 2. The first kappa shape index (κ1) is 23.6. The number of carbonyl (C=O) groups is 2. The number of nitrogens with zero attached hydrogens (tertiary/aromatic N) is 2. The molecule has 0 radical (unpaired) electrons. The molecule has 4 nitrogen and oxygen atoms in total. The van der Waals surface area contributed by atoms with Crippen LogP contribution in [0.4, 0.5) is 8.78 Å². The minimum Gasteiger partial charge on any atom is -0.332 e. The minimum absolute atomic E-state index is 0.0876. The van der Waals surface area contributed by atoms with Crippen molar-refractivity contribution in [1.82, 2.24) is 9.80 Å². The maximum atomic E-state index is 13.3. The highest BCUT2D eigenvalue weighted by molar-refractivity contribution is 7.10. The van der Waals surface area contributed by atoms with E-state index in [0.29, 0.717) is 31.6 Å². The van der Waals surface area contributed by atoms with Gasteiger partial charge in [0, 0.05) is 23.5 Å². The molecule has 0 spiro atoms. The molecule has 3 rings (SSSR count). The van der Waals surface area contributed by atoms with Crippen LogP contribution in [0, 0.1) is 18.6 Å². The Morgan fingerprint density at radius 1 is 0.875 bits per heavy atom. The molecular formula is C25H26F2N2O2S. The van der Waals surface area contributed by atoms with E-state index in [2.05, 4.69) is 0 Å². The standard InChI is InChI=1S/C25H26F2N2O2S/c1-3-13-28(25(31)20-6-10-22(27)11-7-20)17-24(30)29(16-23-18(2)12-14-32-23)15-19-4-8-21(26)9-5-19/h4-12,14H,3,13,15-17H2,1-2H3. The molecular weight excluding hydrogens is 430 g/mol. The van der Waals surface area contributed by atoms with Gasteiger partial charge in [0.15, 0.2) is 0 Å². The molecule has 0 atom stereocenters. The Morgan fingerprint density at radius 3 is 2.06 bits per heavy atom. The summed E-state index contributed by atoms with van der Waals surface area (Å²) in [6, 6.07) is 13.4. The molecule has 0 bridgehead atoms. The summed E-state index contributed by atoms with van der Waals surface area (Å²) >= 11 is 1.57. The van der Waals surface area contributed by atoms with Crippen molar-refractivity contribution in [3.8, 4) is 0 Å². The Morgan fingerprint density at radius 2 is 1.50 bits per heavy atom. The van der Waals surface area contributed by atoms with E-state index >= 15 is 0 Å². The van der Waals surface area contributed by atoms with Crippen molar-refractivity contribution in [2.45, 2.75) is 33.4 Å². The third kappa shape index (κ3) is 6.23. The topological polar surface area (TPSA) is 40.6 Å². The molecule has 7 heteroatoms. The number of hydrogen-bond acceptors (Lipinski definition) is 3. The van der Waals surface area contributed by atoms with E-state index < -0.39 is 5.82 Å². The fourth-order valence-corrected chi connectivity index (χ4v) is 4.26. The maximum Gasteiger partial charge on any atom is 0.254 e. The van der Waals surface area contributed by atoms with Crippen LogP contribution in [0.5, 0.6) is 0 Å². The summed E-state index contributed by atoms with van der Waals surface area (Å²) < 4.78 is 26.6. The second-order valence-electron chi connectivity index (χ2n) is 7.64. The number of carbonyl (C=O) groups excluding carboxylic acids is 2. The van der Waals surface area contributed by atoms with Gasteiger partial charge in [0.05, 0.1) is 6.54 Å². The van der Waals surface area contributed by atoms with Gasteiger partial charge in [-0.3, -0.25) is 9.59 Å². The molecule has 0 unspecified atom stereocenters. The molecule has 3 aromatic rings. The first-order valence-electron chi connectivity index (χ1n) is 10.5. The summed E-state index contributed by atoms with van der Waals surface area (Å²) in [6.45, 7) is 4.96. The van der Waals surface area contributed by atoms with Crippen LogP contribution in [0.15, 0.2) is 60.0 Å². The quantitative estimate of drug-likeness (QED) is 0.432. The van der Waals surface area contributed by atoms with Crippen LogP contribution in [-0.4, -0.2) is 34.7 Å². The number of rotatable bonds is 9. The van der Waals surface area contributed by atoms with Crippen molar-refractivity contribution in [3.63, 3.8) is 0 Å². The van der Waals surface area contributed by atoms with Crippen molar-refractivity contribution in [2.75, 3.05) is 13.1 Å². The van der Waals surface area contributed by atoms with E-state index in [0.717, 1.165) is 16.0 Å². The molecule has 0 aliphatic carbocycles. The highest BCUT2D eigenvalue weighted by Crippen LogP contribution is 2.20. The molecule has 0 aliphatic rings. The second kappa shape index (κ2) is 11.0. The molecule has 0 fully saturated rings. The number of aryl methyl sites for hydroxylation is 1. The summed E-state index contributed by atoms with van der Waals surface area (Å²) in [4.78, 5) is 30.5. The van der Waals surface area contributed by atoms with E-state index in [-0.39, 0.29) is 24.2 Å². The first-order valence-corrected chi connectivity index (χ1v) is 11.4. The van der Waals surface area contributed by atoms with Gasteiger partial charge in [-0.1, -0.05) is 19.1 Å². The molecule has 1 aromatic heterocycles. The van der Waals surface area contributed by atoms with Crippen molar-refractivity contribution >= 4 is 23.2 Å². The van der Waals surface area contributed by atoms with Crippen LogP contribution in [0.2, 0.25) is 0 Å². The molecule has 0 saturated carbocycles. The number of amides is 2. The normalized spacial score (nSPS) is 10.8. The van der Waals surface area contributed by atoms with Crippen molar-refractivity contribution in [1.29, 1.82) is 0 Å². The van der Waals surface area contributed by atoms with Crippen molar-refractivity contribution < 1.29 is 18.4 Å². The Hall–Kier alpha value is -3.06. The van der Waals surface area contributed by atoms with E-state index in [1.165, 1.54) is 41.3 Å². The fourth-order valence-electron chi connectivity index (χ4n) is 3.34. The summed E-state index contributed by atoms with van der Waals surface area (Å²) in [5.41, 5.74) is 2.24. The lowest BCUT2D eigenvalue weighted by molar-refractivity contribution is -0.133. The molecule has 0 N–H and O–H groups in total. The average Bonchev–Trinajstić information content (AvgIpc) is 3.18. The monoisotopic (exact) mass is 456 g/mol. The van der Waals surface area contributed by atoms with Crippen LogP contribution < -0.4 is 0 Å². The van der Waals surface area contributed by atoms with E-state index in [1.807, 2.05) is 25.3 Å². The van der Waals surface area contributed by atoms with Gasteiger partial charge in [-0.2, -0.15) is 0 Å². The van der Waals surface area contributed by atoms with Gasteiger partial charge in [0.25, 0.3) is 5.91 Å². The zero-order chi connectivity index (χ0) is 23.1. The lowest BCUT2D eigenvalue weighted by Gasteiger charge is -2.28. The highest BCUT2D eigenvalue weighted by Gasteiger charge is 2.23. The largest absolute Gasteiger partial charge is 0.332 e. The molecule has 2 amide bonds. The van der Waals surface area contributed by atoms with Gasteiger partial charge in [-0.25, -0.2) is 8.78 Å². The molecule has 0 aliphatic heterocycles. The molecule has 1 heterocycles. The fraction of sp³-hybridized carbons (Fsp3) is 0.280. The van der Waals surface area contributed by atoms with Crippen LogP contribution in [0.3, 0.4) is 0 Å². The van der Waals surface area contributed by atoms with Gasteiger partial charge >= 0.3 is 0 Å². The third-order valence-corrected chi connectivity index (χ3v) is 6.15. The van der Waals surface area contributed by atoms with Crippen LogP contribution in [0.1, 0.15) is 39.7 Å². The van der Waals surface area contributed by atoms with Gasteiger partial charge in [-0.05, 0) is 72.3 Å². The van der Waals surface area contributed by atoms with Gasteiger partial charge < -0.3 is 9.80 Å². The summed E-state index contributed by atoms with van der Waals surface area (Å²) in [5, 5.41) is 1.98. The Labute approximate surface area is 191 Å². The minimum atomic E-state index is -0.420. The highest BCUT2D eigenvalue weighted by atomic mass is 32.1. The van der Waals surface area contributed by atoms with E-state index in [1.54, 1.807) is 28.4 Å². The van der Waals surface area contributed by atoms with Gasteiger partial charge in [0.1, 0.15) is 18.2 Å². The summed E-state index contributed by atoms with van der Waals surface area (Å²) in [6.07, 6.45) is 0.683. The first-order chi connectivity index (χ1) is 15.4. The molecule has 0 saturated heterocycles. The van der Waals surface area contributed by atoms with Crippen LogP contribution in [0.25, 0.3) is 0 Å². The number of thiophene rings is 1. The summed E-state index contributed by atoms with van der Waals surface area (Å²) in [5.74, 6) is -1.27. The molecule has 2 aromatic carbocycles. The average molecular weight is 457 g/mol. The number of hydrogen-bond donors (Lipinski definition) is 0. The van der Waals surface area contributed by atoms with Crippen molar-refractivity contribution in [2.24, 2.45) is 0 Å². The third-order valence-electron chi connectivity index (χ3n) is 5.14. The number of halogens is 2. The summed E-state index contributed by atoms with van der Waals surface area (Å²) in [7, 11) is 0. The maximum absolute atomic E-state index is 13.3. The lowest BCUT2D eigenvalue weighted by Crippen LogP contribution is -2.42. The Bertz CT molecular complexity index is 1050. The lowest BCUT2D eigenvalue weighted by atomic mass is 10.1. The predicted octanol–water partition coefficient (Wildman–Crippen LogP) is 5.42. The molecule has 32 heavy (non-hydrogen) atoms. The van der Waals surface area contributed by atoms with Crippen LogP contribution >= 0.6 is 11.3 Å².